The Labute approximate surface area is 57.8 Å². The molecule has 0 aliphatic carbocycles. The second-order valence-corrected chi connectivity index (χ2v) is 3.86. The van der Waals surface area contributed by atoms with Crippen LogP contribution in [0.15, 0.2) is 22.8 Å². The van der Waals surface area contributed by atoms with E-state index in [4.69, 9.17) is 0 Å². The third kappa shape index (κ3) is 0.965. The van der Waals surface area contributed by atoms with Crippen molar-refractivity contribution < 1.29 is 26.0 Å². The van der Waals surface area contributed by atoms with Crippen molar-refractivity contribution in [2.24, 2.45) is 0 Å². The Morgan fingerprint density at radius 3 is 1.09 bits per heavy atom. The van der Waals surface area contributed by atoms with Gasteiger partial charge in [-0.15, -0.1) is 0 Å². The summed E-state index contributed by atoms with van der Waals surface area (Å²) in [4.78, 5) is 0. The molecule has 0 nitrogen and oxygen atoms in total. The van der Waals surface area contributed by atoms with Crippen LogP contribution in [0.4, 0.5) is 26.0 Å². The van der Waals surface area contributed by atoms with Gasteiger partial charge in [0.2, 0.25) is 0 Å². The fraction of sp³-hybridized carbons (Fsp3) is 0. The Bertz CT molecular complexity index is 238. The molecule has 0 bridgehead atoms. The zero-order valence-corrected chi connectivity index (χ0v) is 5.77. The van der Waals surface area contributed by atoms with Gasteiger partial charge in [-0.25, -0.2) is 0 Å². The second kappa shape index (κ2) is 2.24. The molecule has 0 fully saturated rings. The number of halogens is 6. The van der Waals surface area contributed by atoms with Crippen LogP contribution in [0, 0.1) is 0 Å². The van der Waals surface area contributed by atoms with Crippen LogP contribution in [0.2, 0.25) is 0 Å². The molecule has 11 heavy (non-hydrogen) atoms. The van der Waals surface area contributed by atoms with Gasteiger partial charge in [0, 0.05) is 0 Å². The quantitative estimate of drug-likeness (QED) is 0.407. The first kappa shape index (κ1) is 8.59. The van der Waals surface area contributed by atoms with E-state index in [1.165, 1.54) is 0 Å². The van der Waals surface area contributed by atoms with Gasteiger partial charge in [-0.1, -0.05) is 0 Å². The van der Waals surface area contributed by atoms with Crippen molar-refractivity contribution in [2.45, 2.75) is 0 Å². The van der Waals surface area contributed by atoms with Crippen LogP contribution in [0.5, 0.6) is 0 Å². The van der Waals surface area contributed by atoms with Crippen LogP contribution >= 0.6 is 7.88 Å². The standard InChI is InChI=1S/C4HF6P/c5-1-2(6)4(8)11(9,10)3(1)7/h11H. The summed E-state index contributed by atoms with van der Waals surface area (Å²) >= 11 is 0. The second-order valence-electron chi connectivity index (χ2n) is 1.83. The summed E-state index contributed by atoms with van der Waals surface area (Å²) in [6.45, 7) is 0. The molecular formula is C4HF6P. The van der Waals surface area contributed by atoms with Crippen molar-refractivity contribution in [3.05, 3.63) is 22.8 Å². The molecule has 7 heteroatoms. The SMILES string of the molecule is FC1=C(F)[PH](F)(F)C(F)=C1F. The normalized spacial score (nSPS) is 26.4. The van der Waals surface area contributed by atoms with Crippen LogP contribution < -0.4 is 0 Å². The van der Waals surface area contributed by atoms with E-state index in [1.807, 2.05) is 0 Å². The molecule has 0 saturated carbocycles. The number of allylic oxidation sites excluding steroid dienone is 2. The predicted molar refractivity (Wildman–Crippen MR) is 29.0 cm³/mol. The summed E-state index contributed by atoms with van der Waals surface area (Å²) in [5.74, 6) is -4.81. The van der Waals surface area contributed by atoms with Gasteiger partial charge in [-0.3, -0.25) is 0 Å². The molecular weight excluding hydrogens is 193 g/mol. The zero-order valence-electron chi connectivity index (χ0n) is 4.77. The van der Waals surface area contributed by atoms with Gasteiger partial charge in [-0.05, 0) is 0 Å². The maximum atomic E-state index is 12.0. The molecule has 0 N–H and O–H groups in total. The first-order valence-electron chi connectivity index (χ1n) is 2.38. The van der Waals surface area contributed by atoms with Crippen LogP contribution in [0.3, 0.4) is 0 Å². The van der Waals surface area contributed by atoms with E-state index in [1.54, 1.807) is 0 Å². The Morgan fingerprint density at radius 2 is 1.00 bits per heavy atom. The van der Waals surface area contributed by atoms with Gasteiger partial charge in [0.05, 0.1) is 0 Å². The van der Waals surface area contributed by atoms with E-state index in [2.05, 4.69) is 0 Å². The van der Waals surface area contributed by atoms with E-state index in [0.29, 0.717) is 0 Å². The molecule has 1 rings (SSSR count). The maximum absolute atomic E-state index is 12.0. The molecule has 1 heterocycles. The molecule has 0 aromatic carbocycles. The summed E-state index contributed by atoms with van der Waals surface area (Å²) in [5, 5.41) is 0. The van der Waals surface area contributed by atoms with E-state index in [0.717, 1.165) is 0 Å². The molecule has 0 radical (unpaired) electrons. The zero-order chi connectivity index (χ0) is 8.81. The fourth-order valence-electron chi connectivity index (χ4n) is 0.565. The van der Waals surface area contributed by atoms with Crippen LogP contribution in [-0.4, -0.2) is 0 Å². The third-order valence-corrected chi connectivity index (χ3v) is 2.67. The molecule has 1 aliphatic rings. The first-order chi connectivity index (χ1) is 4.89. The predicted octanol–water partition coefficient (Wildman–Crippen LogP) is 3.74. The van der Waals surface area contributed by atoms with Crippen molar-refractivity contribution in [1.29, 1.82) is 0 Å². The fourth-order valence-corrected chi connectivity index (χ4v) is 1.53. The Hall–Kier alpha value is -0.510. The van der Waals surface area contributed by atoms with E-state index >= 15 is 0 Å². The van der Waals surface area contributed by atoms with Crippen LogP contribution in [0.1, 0.15) is 0 Å². The van der Waals surface area contributed by atoms with Crippen molar-refractivity contribution in [3.8, 4) is 0 Å². The molecule has 0 saturated heterocycles. The van der Waals surface area contributed by atoms with Gasteiger partial charge in [-0.2, -0.15) is 0 Å². The molecule has 0 spiro atoms. The van der Waals surface area contributed by atoms with E-state index < -0.39 is 30.7 Å². The van der Waals surface area contributed by atoms with E-state index in [-0.39, 0.29) is 0 Å². The van der Waals surface area contributed by atoms with Crippen LogP contribution in [0.25, 0.3) is 0 Å². The molecule has 0 aromatic heterocycles. The first-order valence-corrected chi connectivity index (χ1v) is 4.14. The molecule has 0 unspecified atom stereocenters. The molecule has 0 amide bonds. The summed E-state index contributed by atoms with van der Waals surface area (Å²) in [6.07, 6.45) is 0. The van der Waals surface area contributed by atoms with Gasteiger partial charge in [0.25, 0.3) is 0 Å². The Morgan fingerprint density at radius 1 is 0.727 bits per heavy atom. The number of hydrogen-bond donors (Lipinski definition) is 0. The average molecular weight is 194 g/mol. The van der Waals surface area contributed by atoms with Crippen molar-refractivity contribution in [3.63, 3.8) is 0 Å². The number of rotatable bonds is 0. The van der Waals surface area contributed by atoms with E-state index in [9.17, 15) is 26.0 Å². The molecule has 0 aromatic rings. The van der Waals surface area contributed by atoms with Gasteiger partial charge >= 0.3 is 56.6 Å². The topological polar surface area (TPSA) is 0 Å². The van der Waals surface area contributed by atoms with Crippen molar-refractivity contribution >= 4 is 7.88 Å². The van der Waals surface area contributed by atoms with Gasteiger partial charge in [0.15, 0.2) is 0 Å². The average Bonchev–Trinajstić information content (AvgIpc) is 2.06. The van der Waals surface area contributed by atoms with Crippen molar-refractivity contribution in [2.75, 3.05) is 0 Å². The summed E-state index contributed by atoms with van der Waals surface area (Å²) in [6, 6.07) is 0. The minimum absolute atomic E-state index is 2.40. The monoisotopic (exact) mass is 194 g/mol. The summed E-state index contributed by atoms with van der Waals surface area (Å²) in [5.41, 5.74) is -5.15. The molecule has 0 atom stereocenters. The summed E-state index contributed by atoms with van der Waals surface area (Å²) in [7, 11) is -6.20. The van der Waals surface area contributed by atoms with Crippen LogP contribution in [-0.2, 0) is 0 Å². The third-order valence-electron chi connectivity index (χ3n) is 1.13. The summed E-state index contributed by atoms with van der Waals surface area (Å²) < 4.78 is 71.5. The molecule has 64 valence electrons. The Kier molecular flexibility index (Phi) is 1.75. The van der Waals surface area contributed by atoms with Gasteiger partial charge in [0.1, 0.15) is 0 Å². The van der Waals surface area contributed by atoms with Gasteiger partial charge < -0.3 is 0 Å². The number of hydrogen-bond acceptors (Lipinski definition) is 0. The minimum atomic E-state index is -6.20. The van der Waals surface area contributed by atoms with Crippen molar-refractivity contribution in [1.82, 2.24) is 0 Å². The molecule has 1 aliphatic heterocycles. The Balaban J connectivity index is 3.27.